The molecule has 34 heteroatoms. The highest BCUT2D eigenvalue weighted by Gasteiger charge is 2.58. The minimum absolute atomic E-state index is 0.695. The molecule has 0 radical (unpaired) electrons. The molecule has 6 rings (SSSR count). The summed E-state index contributed by atoms with van der Waals surface area (Å²) in [6, 6.07) is -6.65. The summed E-state index contributed by atoms with van der Waals surface area (Å²) in [6.07, 6.45) is -48.1. The minimum Gasteiger partial charge on any atom is -0.394 e. The van der Waals surface area contributed by atoms with Crippen molar-refractivity contribution >= 4 is 23.6 Å². The lowest BCUT2D eigenvalue weighted by molar-refractivity contribution is -0.400. The van der Waals surface area contributed by atoms with E-state index in [0.29, 0.717) is 0 Å². The van der Waals surface area contributed by atoms with Crippen molar-refractivity contribution in [1.82, 2.24) is 21.3 Å². The molecule has 1 unspecified atom stereocenters. The molecule has 78 heavy (non-hydrogen) atoms. The van der Waals surface area contributed by atoms with E-state index in [2.05, 4.69) is 21.3 Å². The highest BCUT2D eigenvalue weighted by atomic mass is 16.8. The molecule has 6 aliphatic heterocycles. The Labute approximate surface area is 443 Å². The average Bonchev–Trinajstić information content (AvgIpc) is 3.45. The van der Waals surface area contributed by atoms with Gasteiger partial charge in [-0.2, -0.15) is 0 Å². The van der Waals surface area contributed by atoms with Gasteiger partial charge in [-0.15, -0.1) is 0 Å². The number of rotatable bonds is 19. The predicted molar refractivity (Wildman–Crippen MR) is 244 cm³/mol. The third-order valence-corrected chi connectivity index (χ3v) is 14.0. The fourth-order valence-electron chi connectivity index (χ4n) is 9.95. The lowest BCUT2D eigenvalue weighted by atomic mass is 9.93. The molecule has 6 fully saturated rings. The third-order valence-electron chi connectivity index (χ3n) is 14.0. The van der Waals surface area contributed by atoms with Crippen molar-refractivity contribution in [3.05, 3.63) is 0 Å². The molecular weight excluding hydrogens is 1060 g/mol. The third kappa shape index (κ3) is 14.4. The summed E-state index contributed by atoms with van der Waals surface area (Å²) in [7, 11) is 0. The molecule has 0 bridgehead atoms. The summed E-state index contributed by atoms with van der Waals surface area (Å²) in [5, 5.41) is 173. The lowest BCUT2D eigenvalue weighted by Gasteiger charge is -2.51. The van der Waals surface area contributed by atoms with Gasteiger partial charge >= 0.3 is 0 Å². The number of nitrogens with one attached hydrogen (secondary N) is 4. The van der Waals surface area contributed by atoms with Crippen LogP contribution in [0.1, 0.15) is 34.6 Å². The van der Waals surface area contributed by atoms with E-state index < -0.39 is 241 Å². The highest BCUT2D eigenvalue weighted by Crippen LogP contribution is 2.37. The van der Waals surface area contributed by atoms with Crippen LogP contribution in [0.3, 0.4) is 0 Å². The molecule has 0 aromatic rings. The van der Waals surface area contributed by atoms with Gasteiger partial charge in [0.25, 0.3) is 0 Å². The van der Waals surface area contributed by atoms with Crippen molar-refractivity contribution in [3.63, 3.8) is 0 Å². The first-order valence-corrected chi connectivity index (χ1v) is 24.9. The molecule has 450 valence electrons. The number of amides is 4. The first-order valence-electron chi connectivity index (χ1n) is 24.9. The Morgan fingerprint density at radius 2 is 0.756 bits per heavy atom. The van der Waals surface area contributed by atoms with E-state index in [4.69, 9.17) is 52.1 Å². The molecule has 0 spiro atoms. The predicted octanol–water partition coefficient (Wildman–Crippen LogP) is -12.5. The largest absolute Gasteiger partial charge is 0.394 e. The molecule has 6 saturated heterocycles. The summed E-state index contributed by atoms with van der Waals surface area (Å²) in [5.41, 5.74) is 0. The van der Waals surface area contributed by atoms with E-state index >= 15 is 0 Å². The molecule has 19 N–H and O–H groups in total. The number of carbonyl (C=O) groups excluding carboxylic acids is 4. The van der Waals surface area contributed by atoms with Crippen molar-refractivity contribution in [2.45, 2.75) is 219 Å². The molecule has 34 nitrogen and oxygen atoms in total. The molecule has 6 heterocycles. The second-order valence-electron chi connectivity index (χ2n) is 19.7. The molecule has 0 aromatic carbocycles. The van der Waals surface area contributed by atoms with Crippen molar-refractivity contribution in [2.24, 2.45) is 0 Å². The highest BCUT2D eigenvalue weighted by molar-refractivity contribution is 5.74. The zero-order chi connectivity index (χ0) is 57.8. The van der Waals surface area contributed by atoms with Gasteiger partial charge in [-0.3, -0.25) is 19.2 Å². The van der Waals surface area contributed by atoms with Crippen LogP contribution in [0.15, 0.2) is 0 Å². The monoisotopic (exact) mass is 1140 g/mol. The van der Waals surface area contributed by atoms with Crippen molar-refractivity contribution in [2.75, 3.05) is 33.0 Å². The molecule has 6 aliphatic rings. The zero-order valence-electron chi connectivity index (χ0n) is 42.7. The first-order chi connectivity index (χ1) is 36.8. The maximum atomic E-state index is 12.9. The van der Waals surface area contributed by atoms with Gasteiger partial charge in [0.05, 0.1) is 39.1 Å². The summed E-state index contributed by atoms with van der Waals surface area (Å²) in [5.74, 6) is -3.15. The normalized spacial score (nSPS) is 47.1. The number of carbonyl (C=O) groups is 4. The summed E-state index contributed by atoms with van der Waals surface area (Å²) in [6.45, 7) is 0.802. The van der Waals surface area contributed by atoms with Crippen molar-refractivity contribution in [3.8, 4) is 0 Å². The lowest BCUT2D eigenvalue weighted by Crippen LogP contribution is -2.71. The molecule has 0 aliphatic carbocycles. The van der Waals surface area contributed by atoms with E-state index in [9.17, 15) is 95.8 Å². The van der Waals surface area contributed by atoms with Gasteiger partial charge in [0, 0.05) is 27.7 Å². The van der Waals surface area contributed by atoms with Crippen LogP contribution in [-0.2, 0) is 71.3 Å². The molecule has 0 aromatic heterocycles. The number of hydrogen-bond donors (Lipinski definition) is 19. The van der Waals surface area contributed by atoms with Crippen molar-refractivity contribution < 1.29 is 148 Å². The smallest absolute Gasteiger partial charge is 0.217 e. The molecular formula is C44H74N4O30. The number of hydrogen-bond acceptors (Lipinski definition) is 30. The van der Waals surface area contributed by atoms with Gasteiger partial charge in [0.1, 0.15) is 140 Å². The Morgan fingerprint density at radius 3 is 1.27 bits per heavy atom. The summed E-state index contributed by atoms with van der Waals surface area (Å²) >= 11 is 0. The van der Waals surface area contributed by atoms with Crippen LogP contribution < -0.4 is 21.3 Å². The fraction of sp³-hybridized carbons (Fsp3) is 0.909. The second-order valence-corrected chi connectivity index (χ2v) is 19.7. The van der Waals surface area contributed by atoms with Crippen LogP contribution in [0.25, 0.3) is 0 Å². The SMILES string of the molecule is CC(=O)N[C@H]1[C@H](O[C@H]2[C@@H](O)[C@@H](CO[C@@H]3O[C@H](CO)[C@@H](O)[C@H](O)[C@H]3NC(C)=O)OC(O)[C@@H]2NC(C)=O)O[C@H](CO)[C@@H](O[C@@H]2O[C@H](CO)[C@H](O)[C@H](O[C@H]3O[C@H](CO)[C@H](O)[C@H](O)[C@H]3NC(C)=O)[C@H]2O[C@@H]2O[C@@H](C)[C@@H](O)[C@@H](O)[C@@H]2O)[C@@H]1O. The Morgan fingerprint density at radius 1 is 0.359 bits per heavy atom. The number of aliphatic hydroxyl groups excluding tert-OH is 15. The molecule has 30 atom stereocenters. The maximum absolute atomic E-state index is 12.9. The Hall–Kier alpha value is -3.16. The van der Waals surface area contributed by atoms with Gasteiger partial charge in [-0.25, -0.2) is 0 Å². The van der Waals surface area contributed by atoms with Gasteiger partial charge in [0.2, 0.25) is 23.6 Å². The van der Waals surface area contributed by atoms with Gasteiger partial charge in [0.15, 0.2) is 37.7 Å². The average molecular weight is 1140 g/mol. The van der Waals surface area contributed by atoms with E-state index in [-0.39, 0.29) is 0 Å². The van der Waals surface area contributed by atoms with E-state index in [1.54, 1.807) is 0 Å². The second kappa shape index (κ2) is 27.7. The van der Waals surface area contributed by atoms with Crippen LogP contribution in [0.4, 0.5) is 0 Å². The standard InChI is InChI=1S/C44H74N4O30/c1-11-25(57)33(65)34(66)43(69-11)78-38-37(77-41-22(46-13(3)54)31(63)27(59)17(7-50)72-41)28(60)18(8-51)73-44(38)75-35-19(9-52)74-42(23(32(35)64)47-14(4)55)76-36-24(48-15(5)56)39(67)70-20(29(36)61)10-68-40-21(45-12(2)53)30(62)26(58)16(6-49)71-40/h11,16-44,49-52,57-67H,6-10H2,1-5H3,(H,45,53)(H,46,54)(H,47,55)(H,48,56)/t11-,16+,17+,18+,19+,20+,21+,22+,23+,24+,25+,26+,27-,28-,29-,30+,31+,32+,33+,34-,35+,36+,37-,38+,39?,40+,41+,42-,43-,44-/m0/s1. The zero-order valence-corrected chi connectivity index (χ0v) is 42.7. The molecule has 4 amide bonds. The first kappa shape index (κ1) is 64.0. The topological polar surface area (TPSA) is 521 Å². The maximum Gasteiger partial charge on any atom is 0.217 e. The van der Waals surface area contributed by atoms with Crippen LogP contribution >= 0.6 is 0 Å². The van der Waals surface area contributed by atoms with Crippen LogP contribution in [0.5, 0.6) is 0 Å². The van der Waals surface area contributed by atoms with Gasteiger partial charge in [-0.05, 0) is 6.92 Å². The van der Waals surface area contributed by atoms with Gasteiger partial charge in [-0.1, -0.05) is 0 Å². The Bertz CT molecular complexity index is 1970. The quantitative estimate of drug-likeness (QED) is 0.0571. The van der Waals surface area contributed by atoms with E-state index in [0.717, 1.165) is 27.7 Å². The van der Waals surface area contributed by atoms with E-state index in [1.807, 2.05) is 0 Å². The number of ether oxygens (including phenoxy) is 11. The van der Waals surface area contributed by atoms with E-state index in [1.165, 1.54) is 6.92 Å². The van der Waals surface area contributed by atoms with Crippen LogP contribution in [0, 0.1) is 0 Å². The Balaban J connectivity index is 1.32. The minimum atomic E-state index is -2.13. The number of aliphatic hydroxyl groups is 15. The van der Waals surface area contributed by atoms with Gasteiger partial charge < -0.3 is 150 Å². The Kier molecular flexibility index (Phi) is 22.8. The summed E-state index contributed by atoms with van der Waals surface area (Å²) in [4.78, 5) is 49.7. The summed E-state index contributed by atoms with van der Waals surface area (Å²) < 4.78 is 65.0. The van der Waals surface area contributed by atoms with Crippen LogP contribution in [0.2, 0.25) is 0 Å². The fourth-order valence-corrected chi connectivity index (χ4v) is 9.95. The molecule has 0 saturated carbocycles. The van der Waals surface area contributed by atoms with Crippen LogP contribution in [-0.4, -0.2) is 317 Å². The van der Waals surface area contributed by atoms with Crippen molar-refractivity contribution in [1.29, 1.82) is 0 Å².